The zero-order valence-corrected chi connectivity index (χ0v) is 21.9. The van der Waals surface area contributed by atoms with Crippen LogP contribution in [0.3, 0.4) is 0 Å². The predicted octanol–water partition coefficient (Wildman–Crippen LogP) is 7.09. The van der Waals surface area contributed by atoms with Gasteiger partial charge in [0.05, 0.1) is 23.9 Å². The van der Waals surface area contributed by atoms with E-state index in [0.717, 1.165) is 46.5 Å². The third-order valence-electron chi connectivity index (χ3n) is 6.65. The number of carboxylic acids is 1. The molecule has 2 aromatic heterocycles. The first-order chi connectivity index (χ1) is 17.5. The second kappa shape index (κ2) is 13.1. The van der Waals surface area contributed by atoms with Gasteiger partial charge in [0.15, 0.2) is 5.13 Å². The molecule has 8 heteroatoms. The van der Waals surface area contributed by atoms with Crippen LogP contribution in [0.2, 0.25) is 0 Å². The summed E-state index contributed by atoms with van der Waals surface area (Å²) in [6, 6.07) is 19.6. The van der Waals surface area contributed by atoms with Crippen LogP contribution < -0.4 is 9.64 Å². The summed E-state index contributed by atoms with van der Waals surface area (Å²) in [6.07, 6.45) is 5.07. The number of ether oxygens (including phenoxy) is 1. The molecule has 37 heavy (non-hydrogen) atoms. The van der Waals surface area contributed by atoms with E-state index in [4.69, 9.17) is 9.72 Å². The fourth-order valence-electron chi connectivity index (χ4n) is 4.59. The second-order valence-electron chi connectivity index (χ2n) is 9.48. The van der Waals surface area contributed by atoms with Crippen molar-refractivity contribution in [3.05, 3.63) is 87.4 Å². The molecule has 0 aliphatic heterocycles. The number of carbonyl (C=O) groups is 1. The molecule has 1 fully saturated rings. The molecule has 1 aliphatic rings. The summed E-state index contributed by atoms with van der Waals surface area (Å²) < 4.78 is 6.22. The number of thiophene rings is 1. The van der Waals surface area contributed by atoms with Crippen molar-refractivity contribution in [2.75, 3.05) is 4.90 Å². The van der Waals surface area contributed by atoms with Gasteiger partial charge in [0.1, 0.15) is 5.75 Å². The molecular weight excluding hydrogens is 511 g/mol. The third-order valence-corrected chi connectivity index (χ3v) is 8.42. The fraction of sp³-hybridized carbons (Fsp3) is 0.310. The van der Waals surface area contributed by atoms with Gasteiger partial charge in [0.2, 0.25) is 0 Å². The number of aromatic carboxylic acids is 1. The number of benzene rings is 2. The molecule has 1 saturated carbocycles. The number of hydrogen-bond acceptors (Lipinski definition) is 6. The molecular formula is C29H31N2NaO3S2. The Hall–Kier alpha value is -2.16. The average Bonchev–Trinajstić information content (AvgIpc) is 3.58. The van der Waals surface area contributed by atoms with Gasteiger partial charge in [-0.1, -0.05) is 25.1 Å². The number of thiazole rings is 1. The summed E-state index contributed by atoms with van der Waals surface area (Å²) in [5.74, 6) is 0.821. The Morgan fingerprint density at radius 1 is 1.03 bits per heavy atom. The normalized spacial score (nSPS) is 17.1. The molecule has 188 valence electrons. The molecule has 1 aliphatic carbocycles. The molecule has 0 bridgehead atoms. The molecule has 5 nitrogen and oxygen atoms in total. The summed E-state index contributed by atoms with van der Waals surface area (Å²) in [7, 11) is 0. The van der Waals surface area contributed by atoms with Gasteiger partial charge in [-0.05, 0) is 85.0 Å². The second-order valence-corrected chi connectivity index (χ2v) is 11.3. The van der Waals surface area contributed by atoms with Gasteiger partial charge in [-0.2, -0.15) is 0 Å². The molecule has 2 aromatic carbocycles. The van der Waals surface area contributed by atoms with Gasteiger partial charge >= 0.3 is 35.5 Å². The quantitative estimate of drug-likeness (QED) is 0.229. The van der Waals surface area contributed by atoms with E-state index in [-0.39, 0.29) is 29.6 Å². The fourth-order valence-corrected chi connectivity index (χ4v) is 6.15. The van der Waals surface area contributed by atoms with Crippen LogP contribution in [-0.2, 0) is 13.1 Å². The van der Waals surface area contributed by atoms with Crippen LogP contribution in [0, 0.1) is 5.92 Å². The summed E-state index contributed by atoms with van der Waals surface area (Å²) in [5, 5.41) is 14.5. The maximum absolute atomic E-state index is 11.4. The van der Waals surface area contributed by atoms with Crippen LogP contribution in [0.25, 0.3) is 11.3 Å². The van der Waals surface area contributed by atoms with Crippen LogP contribution in [0.1, 0.15) is 53.4 Å². The summed E-state index contributed by atoms with van der Waals surface area (Å²) in [4.78, 5) is 19.9. The van der Waals surface area contributed by atoms with Gasteiger partial charge < -0.3 is 14.7 Å². The molecule has 0 spiro atoms. The zero-order chi connectivity index (χ0) is 24.9. The molecule has 1 N–H and O–H groups in total. The van der Waals surface area contributed by atoms with Gasteiger partial charge in [-0.3, -0.25) is 0 Å². The number of rotatable bonds is 9. The van der Waals surface area contributed by atoms with Crippen molar-refractivity contribution in [3.63, 3.8) is 0 Å². The van der Waals surface area contributed by atoms with Gasteiger partial charge in [0.25, 0.3) is 0 Å². The van der Waals surface area contributed by atoms with Crippen LogP contribution in [0.5, 0.6) is 5.75 Å². The molecule has 0 unspecified atom stereocenters. The third kappa shape index (κ3) is 7.45. The Morgan fingerprint density at radius 3 is 2.51 bits per heavy atom. The first-order valence-electron chi connectivity index (χ1n) is 12.4. The number of hydrogen-bond donors (Lipinski definition) is 1. The Morgan fingerprint density at radius 2 is 1.81 bits per heavy atom. The molecule has 4 aromatic rings. The molecule has 0 atom stereocenters. The van der Waals surface area contributed by atoms with Crippen molar-refractivity contribution in [1.29, 1.82) is 0 Å². The van der Waals surface area contributed by atoms with E-state index in [1.807, 2.05) is 24.3 Å². The maximum atomic E-state index is 11.4. The van der Waals surface area contributed by atoms with E-state index in [2.05, 4.69) is 40.8 Å². The minimum absolute atomic E-state index is 0. The van der Waals surface area contributed by atoms with Gasteiger partial charge in [-0.25, -0.2) is 9.78 Å². The van der Waals surface area contributed by atoms with Crippen LogP contribution in [0.15, 0.2) is 71.4 Å². The number of aromatic nitrogens is 1. The topological polar surface area (TPSA) is 62.7 Å². The first-order valence-corrected chi connectivity index (χ1v) is 14.1. The Balaban J connectivity index is 0.00000320. The van der Waals surface area contributed by atoms with Crippen molar-refractivity contribution >= 4 is 63.3 Å². The Labute approximate surface area is 248 Å². The van der Waals surface area contributed by atoms with Crippen LogP contribution in [-0.4, -0.2) is 51.7 Å². The van der Waals surface area contributed by atoms with E-state index in [9.17, 15) is 9.90 Å². The molecule has 0 saturated heterocycles. The Kier molecular flexibility index (Phi) is 9.84. The summed E-state index contributed by atoms with van der Waals surface area (Å²) >= 11 is 3.32. The van der Waals surface area contributed by atoms with E-state index in [1.165, 1.54) is 17.7 Å². The number of nitrogens with zero attached hydrogens (tertiary/aromatic N) is 2. The van der Waals surface area contributed by atoms with Crippen molar-refractivity contribution in [3.8, 4) is 17.0 Å². The van der Waals surface area contributed by atoms with E-state index < -0.39 is 5.97 Å². The molecule has 5 rings (SSSR count). The zero-order valence-electron chi connectivity index (χ0n) is 20.3. The Bertz CT molecular complexity index is 1280. The predicted molar refractivity (Wildman–Crippen MR) is 154 cm³/mol. The van der Waals surface area contributed by atoms with Gasteiger partial charge in [-0.15, -0.1) is 22.7 Å². The molecule has 2 heterocycles. The van der Waals surface area contributed by atoms with Crippen molar-refractivity contribution in [2.45, 2.75) is 51.8 Å². The van der Waals surface area contributed by atoms with Crippen LogP contribution >= 0.6 is 22.7 Å². The van der Waals surface area contributed by atoms with Gasteiger partial charge in [0, 0.05) is 22.4 Å². The van der Waals surface area contributed by atoms with Crippen molar-refractivity contribution in [2.24, 2.45) is 5.92 Å². The van der Waals surface area contributed by atoms with Crippen molar-refractivity contribution < 1.29 is 14.6 Å². The van der Waals surface area contributed by atoms with E-state index in [1.54, 1.807) is 40.9 Å². The van der Waals surface area contributed by atoms with Crippen LogP contribution in [0.4, 0.5) is 5.13 Å². The average molecular weight is 543 g/mol. The minimum atomic E-state index is -0.913. The number of anilines is 1. The summed E-state index contributed by atoms with van der Waals surface area (Å²) in [6.45, 7) is 3.62. The SMILES string of the molecule is CC1CCC(Oc2ccc(-c3csc(N(Cc4cccc(C(=O)O)c4)Cc4cccs4)n3)cc2)CC1.[NaH]. The monoisotopic (exact) mass is 542 g/mol. The van der Waals surface area contributed by atoms with E-state index >= 15 is 0 Å². The molecule has 0 radical (unpaired) electrons. The molecule has 0 amide bonds. The van der Waals surface area contributed by atoms with Crippen molar-refractivity contribution in [1.82, 2.24) is 4.98 Å². The summed E-state index contributed by atoms with van der Waals surface area (Å²) in [5.41, 5.74) is 3.24. The number of carboxylic acid groups (broad SMARTS) is 1. The van der Waals surface area contributed by atoms with E-state index in [0.29, 0.717) is 24.8 Å². The standard InChI is InChI=1S/C29H30N2O3S2.Na.H/c1-20-7-11-24(12-8-20)34-25-13-9-22(10-14-25)27-19-36-29(30-27)31(18-26-6-3-15-35-26)17-21-4-2-5-23(16-21)28(32)33;;/h2-6,9-10,13-16,19-20,24H,7-8,11-12,17-18H2,1H3,(H,32,33);;. The first kappa shape index (κ1) is 27.9.